The molecule has 0 fully saturated rings. The van der Waals surface area contributed by atoms with E-state index in [-0.39, 0.29) is 6.10 Å². The van der Waals surface area contributed by atoms with E-state index >= 15 is 0 Å². The Morgan fingerprint density at radius 1 is 1.60 bits per heavy atom. The highest BCUT2D eigenvalue weighted by Gasteiger charge is 1.98. The van der Waals surface area contributed by atoms with Crippen molar-refractivity contribution in [3.05, 3.63) is 25.3 Å². The topological polar surface area (TPSA) is 9.23 Å². The SMILES string of the molecule is C#CCOC(C=C)CC=C. The first-order valence-corrected chi connectivity index (χ1v) is 3.13. The van der Waals surface area contributed by atoms with E-state index in [1.54, 1.807) is 12.2 Å². The second-order valence-corrected chi connectivity index (χ2v) is 1.81. The van der Waals surface area contributed by atoms with Gasteiger partial charge in [0.25, 0.3) is 0 Å². The molecule has 0 bridgehead atoms. The molecule has 0 amide bonds. The average Bonchev–Trinajstić information content (AvgIpc) is 1.98. The molecule has 0 aliphatic heterocycles. The van der Waals surface area contributed by atoms with Gasteiger partial charge in [0.05, 0.1) is 6.10 Å². The summed E-state index contributed by atoms with van der Waals surface area (Å²) in [4.78, 5) is 0. The van der Waals surface area contributed by atoms with Gasteiger partial charge < -0.3 is 4.74 Å². The maximum Gasteiger partial charge on any atom is 0.108 e. The van der Waals surface area contributed by atoms with Crippen molar-refractivity contribution in [2.45, 2.75) is 12.5 Å². The van der Waals surface area contributed by atoms with Gasteiger partial charge in [0.1, 0.15) is 6.61 Å². The largest absolute Gasteiger partial charge is 0.361 e. The molecule has 0 aliphatic rings. The predicted molar refractivity (Wildman–Crippen MR) is 43.6 cm³/mol. The minimum absolute atomic E-state index is 0.0218. The van der Waals surface area contributed by atoms with E-state index in [2.05, 4.69) is 19.1 Å². The van der Waals surface area contributed by atoms with Gasteiger partial charge in [-0.25, -0.2) is 0 Å². The lowest BCUT2D eigenvalue weighted by atomic mass is 10.2. The molecule has 1 unspecified atom stereocenters. The summed E-state index contributed by atoms with van der Waals surface area (Å²) < 4.78 is 5.16. The van der Waals surface area contributed by atoms with Crippen LogP contribution in [0, 0.1) is 12.3 Å². The Bertz CT molecular complexity index is 141. The van der Waals surface area contributed by atoms with Gasteiger partial charge in [0.2, 0.25) is 0 Å². The molecule has 10 heavy (non-hydrogen) atoms. The third kappa shape index (κ3) is 3.94. The van der Waals surface area contributed by atoms with Crippen molar-refractivity contribution in [3.63, 3.8) is 0 Å². The molecule has 0 aromatic rings. The van der Waals surface area contributed by atoms with E-state index in [0.717, 1.165) is 6.42 Å². The zero-order chi connectivity index (χ0) is 7.82. The van der Waals surface area contributed by atoms with Crippen LogP contribution in [0.2, 0.25) is 0 Å². The van der Waals surface area contributed by atoms with Crippen molar-refractivity contribution in [1.82, 2.24) is 0 Å². The monoisotopic (exact) mass is 136 g/mol. The molecule has 0 radical (unpaired) electrons. The predicted octanol–water partition coefficient (Wildman–Crippen LogP) is 1.77. The number of ether oxygens (including phenoxy) is 1. The second-order valence-electron chi connectivity index (χ2n) is 1.81. The van der Waals surface area contributed by atoms with Gasteiger partial charge in [-0.3, -0.25) is 0 Å². The highest BCUT2D eigenvalue weighted by molar-refractivity contribution is 4.89. The Morgan fingerprint density at radius 2 is 2.30 bits per heavy atom. The van der Waals surface area contributed by atoms with Gasteiger partial charge in [-0.05, 0) is 6.42 Å². The third-order valence-corrected chi connectivity index (χ3v) is 1.04. The molecule has 0 spiro atoms. The second kappa shape index (κ2) is 6.12. The van der Waals surface area contributed by atoms with Gasteiger partial charge in [0, 0.05) is 0 Å². The van der Waals surface area contributed by atoms with Crippen molar-refractivity contribution >= 4 is 0 Å². The first kappa shape index (κ1) is 9.00. The lowest BCUT2D eigenvalue weighted by Gasteiger charge is -2.07. The number of hydrogen-bond donors (Lipinski definition) is 0. The van der Waals surface area contributed by atoms with Crippen LogP contribution in [0.1, 0.15) is 6.42 Å². The molecule has 0 aromatic carbocycles. The smallest absolute Gasteiger partial charge is 0.108 e. The third-order valence-electron chi connectivity index (χ3n) is 1.04. The first-order chi connectivity index (χ1) is 4.85. The fraction of sp³-hybridized carbons (Fsp3) is 0.333. The Balaban J connectivity index is 3.51. The van der Waals surface area contributed by atoms with Crippen LogP contribution in [0.25, 0.3) is 0 Å². The maximum atomic E-state index is 5.16. The van der Waals surface area contributed by atoms with Crippen LogP contribution >= 0.6 is 0 Å². The van der Waals surface area contributed by atoms with Crippen molar-refractivity contribution in [2.24, 2.45) is 0 Å². The molecule has 0 aromatic heterocycles. The summed E-state index contributed by atoms with van der Waals surface area (Å²) >= 11 is 0. The molecular weight excluding hydrogens is 124 g/mol. The molecule has 0 aliphatic carbocycles. The summed E-state index contributed by atoms with van der Waals surface area (Å²) in [6, 6.07) is 0. The van der Waals surface area contributed by atoms with E-state index in [0.29, 0.717) is 6.61 Å². The normalized spacial score (nSPS) is 11.5. The highest BCUT2D eigenvalue weighted by Crippen LogP contribution is 1.98. The van der Waals surface area contributed by atoms with Crippen LogP contribution in [0.4, 0.5) is 0 Å². The van der Waals surface area contributed by atoms with Gasteiger partial charge in [-0.1, -0.05) is 18.1 Å². The average molecular weight is 136 g/mol. The molecule has 1 heteroatoms. The summed E-state index contributed by atoms with van der Waals surface area (Å²) in [5.41, 5.74) is 0. The molecule has 0 N–H and O–H groups in total. The minimum Gasteiger partial charge on any atom is -0.361 e. The Labute approximate surface area is 62.4 Å². The molecular formula is C9H12O. The van der Waals surface area contributed by atoms with Crippen LogP contribution in [0.15, 0.2) is 25.3 Å². The maximum absolute atomic E-state index is 5.16. The number of rotatable bonds is 5. The molecule has 0 heterocycles. The van der Waals surface area contributed by atoms with Crippen LogP contribution in [0.3, 0.4) is 0 Å². The van der Waals surface area contributed by atoms with Crippen LogP contribution in [0.5, 0.6) is 0 Å². The fourth-order valence-corrected chi connectivity index (χ4v) is 0.552. The molecule has 0 rings (SSSR count). The van der Waals surface area contributed by atoms with E-state index < -0.39 is 0 Å². The van der Waals surface area contributed by atoms with E-state index in [1.807, 2.05) is 0 Å². The molecule has 1 nitrogen and oxygen atoms in total. The molecule has 1 atom stereocenters. The van der Waals surface area contributed by atoms with Gasteiger partial charge in [-0.15, -0.1) is 19.6 Å². The summed E-state index contributed by atoms with van der Waals surface area (Å²) in [5.74, 6) is 2.39. The van der Waals surface area contributed by atoms with E-state index in [1.165, 1.54) is 0 Å². The summed E-state index contributed by atoms with van der Waals surface area (Å²) in [6.45, 7) is 7.51. The zero-order valence-electron chi connectivity index (χ0n) is 6.05. The summed E-state index contributed by atoms with van der Waals surface area (Å²) in [6.07, 6.45) is 9.29. The zero-order valence-corrected chi connectivity index (χ0v) is 6.05. The van der Waals surface area contributed by atoms with E-state index in [9.17, 15) is 0 Å². The standard InChI is InChI=1S/C9H12O/c1-4-7-9(6-3)10-8-5-2/h2,4,6,9H,1,3,7-8H2. The van der Waals surface area contributed by atoms with Crippen molar-refractivity contribution in [1.29, 1.82) is 0 Å². The Kier molecular flexibility index (Phi) is 5.51. The fourth-order valence-electron chi connectivity index (χ4n) is 0.552. The number of hydrogen-bond acceptors (Lipinski definition) is 1. The lowest BCUT2D eigenvalue weighted by molar-refractivity contribution is 0.116. The van der Waals surface area contributed by atoms with Gasteiger partial charge in [0.15, 0.2) is 0 Å². The summed E-state index contributed by atoms with van der Waals surface area (Å²) in [5, 5.41) is 0. The molecule has 0 saturated carbocycles. The molecule has 0 saturated heterocycles. The van der Waals surface area contributed by atoms with Crippen LogP contribution in [-0.4, -0.2) is 12.7 Å². The van der Waals surface area contributed by atoms with Crippen molar-refractivity contribution < 1.29 is 4.74 Å². The Hall–Kier alpha value is -1.00. The van der Waals surface area contributed by atoms with Crippen LogP contribution in [-0.2, 0) is 4.74 Å². The lowest BCUT2D eigenvalue weighted by Crippen LogP contribution is -2.07. The van der Waals surface area contributed by atoms with Crippen molar-refractivity contribution in [2.75, 3.05) is 6.61 Å². The minimum atomic E-state index is 0.0218. The van der Waals surface area contributed by atoms with Gasteiger partial charge >= 0.3 is 0 Å². The molecule has 54 valence electrons. The first-order valence-electron chi connectivity index (χ1n) is 3.13. The quantitative estimate of drug-likeness (QED) is 0.413. The van der Waals surface area contributed by atoms with E-state index in [4.69, 9.17) is 11.2 Å². The van der Waals surface area contributed by atoms with Crippen LogP contribution < -0.4 is 0 Å². The number of terminal acetylenes is 1. The highest BCUT2D eigenvalue weighted by atomic mass is 16.5. The van der Waals surface area contributed by atoms with Gasteiger partial charge in [-0.2, -0.15) is 0 Å². The Morgan fingerprint density at radius 3 is 2.70 bits per heavy atom. The van der Waals surface area contributed by atoms with Crippen molar-refractivity contribution in [3.8, 4) is 12.3 Å². The summed E-state index contributed by atoms with van der Waals surface area (Å²) in [7, 11) is 0.